The van der Waals surface area contributed by atoms with E-state index in [1.54, 1.807) is 0 Å². The highest BCUT2D eigenvalue weighted by molar-refractivity contribution is 5.71. The van der Waals surface area contributed by atoms with E-state index in [9.17, 15) is 14.4 Å². The van der Waals surface area contributed by atoms with E-state index in [-0.39, 0.29) is 31.1 Å². The Morgan fingerprint density at radius 1 is 0.358 bits per heavy atom. The third-order valence-corrected chi connectivity index (χ3v) is 10.5. The Hall–Kier alpha value is -1.59. The van der Waals surface area contributed by atoms with Crippen LogP contribution >= 0.6 is 0 Å². The van der Waals surface area contributed by atoms with Crippen LogP contribution in [0.15, 0.2) is 0 Å². The normalized spacial score (nSPS) is 11.9. The summed E-state index contributed by atoms with van der Waals surface area (Å²) in [6.45, 7) is 8.91. The minimum Gasteiger partial charge on any atom is -0.462 e. The van der Waals surface area contributed by atoms with Crippen LogP contribution in [0.25, 0.3) is 0 Å². The van der Waals surface area contributed by atoms with Crippen LogP contribution in [0, 0.1) is 5.92 Å². The summed E-state index contributed by atoms with van der Waals surface area (Å²) in [5.74, 6) is -0.101. The second-order valence-electron chi connectivity index (χ2n) is 16.5. The average Bonchev–Trinajstić information content (AvgIpc) is 3.14. The molecule has 0 spiro atoms. The van der Waals surface area contributed by atoms with Crippen molar-refractivity contribution in [3.63, 3.8) is 0 Å². The van der Waals surface area contributed by atoms with Crippen LogP contribution in [0.1, 0.15) is 259 Å². The van der Waals surface area contributed by atoms with Crippen molar-refractivity contribution in [3.8, 4) is 0 Å². The lowest BCUT2D eigenvalue weighted by molar-refractivity contribution is -0.167. The Morgan fingerprint density at radius 3 is 0.925 bits per heavy atom. The molecule has 0 radical (unpaired) electrons. The number of unbranched alkanes of at least 4 members (excludes halogenated alkanes) is 29. The summed E-state index contributed by atoms with van der Waals surface area (Å²) in [7, 11) is 0. The summed E-state index contributed by atoms with van der Waals surface area (Å²) in [6.07, 6.45) is 41.1. The Kier molecular flexibility index (Phi) is 40.3. The maximum absolute atomic E-state index is 12.7. The molecule has 6 heteroatoms. The summed E-state index contributed by atoms with van der Waals surface area (Å²) in [5, 5.41) is 0. The first-order chi connectivity index (χ1) is 25.9. The highest BCUT2D eigenvalue weighted by atomic mass is 16.6. The Morgan fingerprint density at radius 2 is 0.623 bits per heavy atom. The van der Waals surface area contributed by atoms with E-state index in [2.05, 4.69) is 27.7 Å². The van der Waals surface area contributed by atoms with E-state index in [1.165, 1.54) is 154 Å². The molecule has 0 bridgehead atoms. The first-order valence-corrected chi connectivity index (χ1v) is 23.4. The quantitative estimate of drug-likeness (QED) is 0.0351. The van der Waals surface area contributed by atoms with Crippen molar-refractivity contribution in [3.05, 3.63) is 0 Å². The lowest BCUT2D eigenvalue weighted by atomic mass is 10.0. The van der Waals surface area contributed by atoms with Gasteiger partial charge in [0.1, 0.15) is 13.2 Å². The third kappa shape index (κ3) is 41.4. The van der Waals surface area contributed by atoms with Gasteiger partial charge in [0.15, 0.2) is 6.10 Å². The molecule has 0 aliphatic heterocycles. The number of ether oxygens (including phenoxy) is 3. The zero-order valence-electron chi connectivity index (χ0n) is 36.0. The number of carbonyl (C=O) groups is 3. The van der Waals surface area contributed by atoms with Crippen molar-refractivity contribution in [1.82, 2.24) is 0 Å². The Balaban J connectivity index is 4.22. The molecule has 0 aromatic heterocycles. The Bertz CT molecular complexity index is 796. The van der Waals surface area contributed by atoms with Crippen molar-refractivity contribution in [2.75, 3.05) is 13.2 Å². The largest absolute Gasteiger partial charge is 0.462 e. The van der Waals surface area contributed by atoms with Crippen molar-refractivity contribution < 1.29 is 28.6 Å². The topological polar surface area (TPSA) is 78.9 Å². The SMILES string of the molecule is CCCCCCCCCCCCCCCCCCCC(=O)OC[C@@H](COC(=O)CCCCCCCCCCC)OC(=O)CCCCCCCCC(C)C. The predicted molar refractivity (Wildman–Crippen MR) is 224 cm³/mol. The molecular weight excluding hydrogens is 661 g/mol. The molecule has 0 aromatic carbocycles. The summed E-state index contributed by atoms with van der Waals surface area (Å²) in [5.41, 5.74) is 0. The van der Waals surface area contributed by atoms with Crippen molar-refractivity contribution in [1.29, 1.82) is 0 Å². The van der Waals surface area contributed by atoms with Gasteiger partial charge in [-0.3, -0.25) is 14.4 Å². The van der Waals surface area contributed by atoms with Gasteiger partial charge < -0.3 is 14.2 Å². The lowest BCUT2D eigenvalue weighted by Gasteiger charge is -2.18. The fourth-order valence-electron chi connectivity index (χ4n) is 6.98. The molecule has 0 unspecified atom stereocenters. The van der Waals surface area contributed by atoms with Gasteiger partial charge >= 0.3 is 17.9 Å². The summed E-state index contributed by atoms with van der Waals surface area (Å²) >= 11 is 0. The van der Waals surface area contributed by atoms with E-state index >= 15 is 0 Å². The maximum atomic E-state index is 12.7. The fraction of sp³-hybridized carbons (Fsp3) is 0.936. The van der Waals surface area contributed by atoms with E-state index in [4.69, 9.17) is 14.2 Å². The van der Waals surface area contributed by atoms with Gasteiger partial charge in [0, 0.05) is 19.3 Å². The molecule has 314 valence electrons. The monoisotopic (exact) mass is 751 g/mol. The van der Waals surface area contributed by atoms with Crippen LogP contribution in [0.2, 0.25) is 0 Å². The molecule has 0 saturated carbocycles. The van der Waals surface area contributed by atoms with Gasteiger partial charge in [-0.05, 0) is 25.2 Å². The van der Waals surface area contributed by atoms with Crippen LogP contribution in [0.4, 0.5) is 0 Å². The minimum absolute atomic E-state index is 0.0648. The number of hydrogen-bond acceptors (Lipinski definition) is 6. The second kappa shape index (κ2) is 41.6. The van der Waals surface area contributed by atoms with Gasteiger partial charge in [-0.15, -0.1) is 0 Å². The smallest absolute Gasteiger partial charge is 0.306 e. The molecule has 0 fully saturated rings. The van der Waals surface area contributed by atoms with Gasteiger partial charge in [-0.25, -0.2) is 0 Å². The zero-order chi connectivity index (χ0) is 38.9. The molecule has 0 aliphatic carbocycles. The highest BCUT2D eigenvalue weighted by Gasteiger charge is 2.19. The molecule has 0 amide bonds. The number of rotatable bonds is 42. The van der Waals surface area contributed by atoms with Gasteiger partial charge in [0.25, 0.3) is 0 Å². The van der Waals surface area contributed by atoms with Gasteiger partial charge in [-0.1, -0.05) is 220 Å². The molecular formula is C47H90O6. The number of esters is 3. The van der Waals surface area contributed by atoms with Crippen LogP contribution < -0.4 is 0 Å². The summed E-state index contributed by atoms with van der Waals surface area (Å²) < 4.78 is 16.7. The van der Waals surface area contributed by atoms with Crippen molar-refractivity contribution in [2.24, 2.45) is 5.92 Å². The molecule has 1 atom stereocenters. The molecule has 0 aromatic rings. The molecule has 0 rings (SSSR count). The maximum Gasteiger partial charge on any atom is 0.306 e. The van der Waals surface area contributed by atoms with Crippen molar-refractivity contribution in [2.45, 2.75) is 265 Å². The van der Waals surface area contributed by atoms with Crippen LogP contribution in [0.5, 0.6) is 0 Å². The van der Waals surface area contributed by atoms with E-state index in [0.717, 1.165) is 63.7 Å². The van der Waals surface area contributed by atoms with Crippen LogP contribution in [-0.4, -0.2) is 37.2 Å². The molecule has 53 heavy (non-hydrogen) atoms. The summed E-state index contributed by atoms with van der Waals surface area (Å²) in [6, 6.07) is 0. The van der Waals surface area contributed by atoms with Gasteiger partial charge in [-0.2, -0.15) is 0 Å². The van der Waals surface area contributed by atoms with E-state index in [0.29, 0.717) is 19.3 Å². The lowest BCUT2D eigenvalue weighted by Crippen LogP contribution is -2.30. The standard InChI is InChI=1S/C47H90O6/c1-5-7-9-11-13-15-16-17-18-19-20-21-22-24-26-31-35-39-46(49)52-42-44(53-47(50)40-36-32-28-27-29-33-37-43(3)4)41-51-45(48)38-34-30-25-23-14-12-10-8-6-2/h43-44H,5-42H2,1-4H3/t44-/m1/s1. The van der Waals surface area contributed by atoms with Gasteiger partial charge in [0.2, 0.25) is 0 Å². The number of hydrogen-bond donors (Lipinski definition) is 0. The number of carbonyl (C=O) groups excluding carboxylic acids is 3. The first kappa shape index (κ1) is 51.4. The van der Waals surface area contributed by atoms with Gasteiger partial charge in [0.05, 0.1) is 0 Å². The zero-order valence-corrected chi connectivity index (χ0v) is 36.0. The van der Waals surface area contributed by atoms with E-state index in [1.807, 2.05) is 0 Å². The molecule has 6 nitrogen and oxygen atoms in total. The predicted octanol–water partition coefficient (Wildman–Crippen LogP) is 14.7. The molecule has 0 aliphatic rings. The first-order valence-electron chi connectivity index (χ1n) is 23.4. The highest BCUT2D eigenvalue weighted by Crippen LogP contribution is 2.16. The average molecular weight is 751 g/mol. The fourth-order valence-corrected chi connectivity index (χ4v) is 6.98. The molecule has 0 heterocycles. The van der Waals surface area contributed by atoms with E-state index < -0.39 is 6.10 Å². The molecule has 0 saturated heterocycles. The Labute approximate surface area is 329 Å². The second-order valence-corrected chi connectivity index (χ2v) is 16.5. The van der Waals surface area contributed by atoms with Crippen LogP contribution in [-0.2, 0) is 28.6 Å². The molecule has 0 N–H and O–H groups in total. The van der Waals surface area contributed by atoms with Crippen molar-refractivity contribution >= 4 is 17.9 Å². The summed E-state index contributed by atoms with van der Waals surface area (Å²) in [4.78, 5) is 37.6. The minimum atomic E-state index is -0.759. The van der Waals surface area contributed by atoms with Crippen LogP contribution in [0.3, 0.4) is 0 Å². The third-order valence-electron chi connectivity index (χ3n) is 10.5.